The van der Waals surface area contributed by atoms with E-state index in [1.165, 1.54) is 11.3 Å². The molecule has 88 valence electrons. The van der Waals surface area contributed by atoms with Crippen molar-refractivity contribution in [2.75, 3.05) is 6.54 Å². The molecule has 0 spiro atoms. The first-order valence-electron chi connectivity index (χ1n) is 5.57. The second kappa shape index (κ2) is 4.51. The van der Waals surface area contributed by atoms with Crippen molar-refractivity contribution in [3.63, 3.8) is 0 Å². The van der Waals surface area contributed by atoms with Gasteiger partial charge in [0.15, 0.2) is 0 Å². The Kier molecular flexibility index (Phi) is 3.25. The van der Waals surface area contributed by atoms with Crippen LogP contribution in [-0.2, 0) is 0 Å². The minimum absolute atomic E-state index is 0.164. The van der Waals surface area contributed by atoms with E-state index >= 15 is 0 Å². The summed E-state index contributed by atoms with van der Waals surface area (Å²) in [5.41, 5.74) is 0.723. The Labute approximate surface area is 98.7 Å². The van der Waals surface area contributed by atoms with Crippen LogP contribution in [0.2, 0.25) is 0 Å². The zero-order valence-corrected chi connectivity index (χ0v) is 10.3. The maximum atomic E-state index is 11.1. The molecule has 1 atom stereocenters. The van der Waals surface area contributed by atoms with Crippen LogP contribution in [0.25, 0.3) is 0 Å². The Morgan fingerprint density at radius 1 is 1.62 bits per heavy atom. The van der Waals surface area contributed by atoms with Gasteiger partial charge >= 0.3 is 5.97 Å². The van der Waals surface area contributed by atoms with E-state index < -0.39 is 5.97 Å². The number of carboxylic acid groups (broad SMARTS) is 1. The summed E-state index contributed by atoms with van der Waals surface area (Å²) in [7, 11) is 0. The smallest absolute Gasteiger partial charge is 0.347 e. The number of carbonyl (C=O) groups is 1. The molecule has 2 heterocycles. The summed E-state index contributed by atoms with van der Waals surface area (Å²) >= 11 is 1.32. The lowest BCUT2D eigenvalue weighted by atomic mass is 10.1. The number of nitrogens with zero attached hydrogens (tertiary/aromatic N) is 1. The van der Waals surface area contributed by atoms with Crippen LogP contribution in [0.3, 0.4) is 0 Å². The molecule has 5 heteroatoms. The molecule has 4 nitrogen and oxygen atoms in total. The molecule has 1 aromatic rings. The monoisotopic (exact) mass is 240 g/mol. The second-order valence-corrected chi connectivity index (χ2v) is 5.41. The van der Waals surface area contributed by atoms with E-state index in [4.69, 9.17) is 5.11 Å². The maximum absolute atomic E-state index is 11.1. The van der Waals surface area contributed by atoms with Gasteiger partial charge in [-0.25, -0.2) is 9.78 Å². The summed E-state index contributed by atoms with van der Waals surface area (Å²) in [5, 5.41) is 13.4. The molecule has 16 heavy (non-hydrogen) atoms. The number of nitrogens with one attached hydrogen (secondary N) is 1. The number of rotatable bonds is 3. The normalized spacial score (nSPS) is 20.6. The maximum Gasteiger partial charge on any atom is 0.347 e. The molecule has 1 unspecified atom stereocenters. The Balaban J connectivity index is 2.34. The SMILES string of the molecule is CC(C)c1nc(C2CCCN2)sc1C(=O)O. The molecular weight excluding hydrogens is 224 g/mol. The van der Waals surface area contributed by atoms with Gasteiger partial charge in [0.2, 0.25) is 0 Å². The molecule has 0 aromatic carbocycles. The average molecular weight is 240 g/mol. The van der Waals surface area contributed by atoms with Crippen LogP contribution in [0.1, 0.15) is 59.0 Å². The number of carboxylic acids is 1. The van der Waals surface area contributed by atoms with Gasteiger partial charge in [-0.15, -0.1) is 11.3 Å². The largest absolute Gasteiger partial charge is 0.477 e. The molecule has 0 radical (unpaired) electrons. The zero-order chi connectivity index (χ0) is 11.7. The van der Waals surface area contributed by atoms with Crippen LogP contribution in [-0.4, -0.2) is 22.6 Å². The molecule has 0 saturated carbocycles. The van der Waals surface area contributed by atoms with Crippen molar-refractivity contribution in [3.8, 4) is 0 Å². The highest BCUT2D eigenvalue weighted by Gasteiger charge is 2.25. The number of aromatic nitrogens is 1. The lowest BCUT2D eigenvalue weighted by molar-refractivity contribution is 0.0700. The molecule has 1 saturated heterocycles. The van der Waals surface area contributed by atoms with Crippen LogP contribution < -0.4 is 5.32 Å². The fourth-order valence-electron chi connectivity index (χ4n) is 1.94. The van der Waals surface area contributed by atoms with Gasteiger partial charge in [0.05, 0.1) is 11.7 Å². The van der Waals surface area contributed by atoms with Crippen LogP contribution in [0.15, 0.2) is 0 Å². The summed E-state index contributed by atoms with van der Waals surface area (Å²) < 4.78 is 0. The molecule has 0 amide bonds. The summed E-state index contributed by atoms with van der Waals surface area (Å²) in [6, 6.07) is 0.260. The summed E-state index contributed by atoms with van der Waals surface area (Å²) in [4.78, 5) is 16.0. The van der Waals surface area contributed by atoms with Gasteiger partial charge in [-0.1, -0.05) is 13.8 Å². The average Bonchev–Trinajstić information content (AvgIpc) is 2.86. The third-order valence-electron chi connectivity index (χ3n) is 2.77. The topological polar surface area (TPSA) is 62.2 Å². The van der Waals surface area contributed by atoms with E-state index in [1.54, 1.807) is 0 Å². The number of hydrogen-bond donors (Lipinski definition) is 2. The van der Waals surface area contributed by atoms with Gasteiger partial charge < -0.3 is 10.4 Å². The molecule has 2 rings (SSSR count). The predicted molar refractivity (Wildman–Crippen MR) is 63.1 cm³/mol. The van der Waals surface area contributed by atoms with E-state index in [2.05, 4.69) is 10.3 Å². The van der Waals surface area contributed by atoms with Crippen molar-refractivity contribution in [1.29, 1.82) is 0 Å². The fourth-order valence-corrected chi connectivity index (χ4v) is 3.11. The molecule has 1 fully saturated rings. The standard InChI is InChI=1S/C11H16N2O2S/c1-6(2)8-9(11(14)15)16-10(13-8)7-4-3-5-12-7/h6-7,12H,3-5H2,1-2H3,(H,14,15). The Morgan fingerprint density at radius 2 is 2.38 bits per heavy atom. The predicted octanol–water partition coefficient (Wildman–Crippen LogP) is 2.39. The molecule has 1 aliphatic heterocycles. The van der Waals surface area contributed by atoms with E-state index in [9.17, 15) is 4.79 Å². The molecule has 0 aliphatic carbocycles. The van der Waals surface area contributed by atoms with E-state index in [0.29, 0.717) is 4.88 Å². The highest BCUT2D eigenvalue weighted by atomic mass is 32.1. The first kappa shape index (κ1) is 11.5. The molecule has 1 aromatic heterocycles. The summed E-state index contributed by atoms with van der Waals surface area (Å²) in [6.07, 6.45) is 2.20. The Morgan fingerprint density at radius 3 is 2.81 bits per heavy atom. The minimum Gasteiger partial charge on any atom is -0.477 e. The Hall–Kier alpha value is -0.940. The van der Waals surface area contributed by atoms with E-state index in [-0.39, 0.29) is 12.0 Å². The van der Waals surface area contributed by atoms with Crippen LogP contribution in [0.4, 0.5) is 0 Å². The third kappa shape index (κ3) is 2.10. The van der Waals surface area contributed by atoms with Crippen molar-refractivity contribution < 1.29 is 9.90 Å². The lowest BCUT2D eigenvalue weighted by Crippen LogP contribution is -2.12. The van der Waals surface area contributed by atoms with Crippen molar-refractivity contribution in [3.05, 3.63) is 15.6 Å². The first-order valence-corrected chi connectivity index (χ1v) is 6.38. The van der Waals surface area contributed by atoms with Crippen LogP contribution in [0.5, 0.6) is 0 Å². The van der Waals surface area contributed by atoms with E-state index in [0.717, 1.165) is 30.1 Å². The molecule has 2 N–H and O–H groups in total. The van der Waals surface area contributed by atoms with Gasteiger partial charge in [-0.2, -0.15) is 0 Å². The van der Waals surface area contributed by atoms with Crippen LogP contribution in [0, 0.1) is 0 Å². The highest BCUT2D eigenvalue weighted by Crippen LogP contribution is 2.32. The highest BCUT2D eigenvalue weighted by molar-refractivity contribution is 7.13. The minimum atomic E-state index is -0.856. The number of thiazole rings is 1. The number of aromatic carboxylic acids is 1. The summed E-state index contributed by atoms with van der Waals surface area (Å²) in [6.45, 7) is 4.96. The molecular formula is C11H16N2O2S. The molecule has 1 aliphatic rings. The van der Waals surface area contributed by atoms with Crippen molar-refractivity contribution >= 4 is 17.3 Å². The molecule has 0 bridgehead atoms. The first-order chi connectivity index (χ1) is 7.59. The van der Waals surface area contributed by atoms with E-state index in [1.807, 2.05) is 13.8 Å². The summed E-state index contributed by atoms with van der Waals surface area (Å²) in [5.74, 6) is -0.692. The second-order valence-electron chi connectivity index (χ2n) is 4.38. The van der Waals surface area contributed by atoms with Gasteiger partial charge in [0.25, 0.3) is 0 Å². The van der Waals surface area contributed by atoms with Gasteiger partial charge in [-0.3, -0.25) is 0 Å². The van der Waals surface area contributed by atoms with Crippen molar-refractivity contribution in [1.82, 2.24) is 10.3 Å². The van der Waals surface area contributed by atoms with Crippen molar-refractivity contribution in [2.24, 2.45) is 0 Å². The zero-order valence-electron chi connectivity index (χ0n) is 9.49. The van der Waals surface area contributed by atoms with Gasteiger partial charge in [-0.05, 0) is 25.3 Å². The van der Waals surface area contributed by atoms with Crippen molar-refractivity contribution in [2.45, 2.75) is 38.6 Å². The third-order valence-corrected chi connectivity index (χ3v) is 3.94. The number of hydrogen-bond acceptors (Lipinski definition) is 4. The lowest BCUT2D eigenvalue weighted by Gasteiger charge is -2.04. The quantitative estimate of drug-likeness (QED) is 0.851. The Bertz CT molecular complexity index is 395. The fraction of sp³-hybridized carbons (Fsp3) is 0.636. The van der Waals surface area contributed by atoms with Crippen LogP contribution >= 0.6 is 11.3 Å². The van der Waals surface area contributed by atoms with Gasteiger partial charge in [0.1, 0.15) is 9.88 Å². The van der Waals surface area contributed by atoms with Gasteiger partial charge in [0, 0.05) is 0 Å².